The van der Waals surface area contributed by atoms with Gasteiger partial charge in [-0.1, -0.05) is 29.8 Å². The lowest BCUT2D eigenvalue weighted by atomic mass is 10.1. The van der Waals surface area contributed by atoms with Gasteiger partial charge in [-0.2, -0.15) is 13.2 Å². The van der Waals surface area contributed by atoms with E-state index in [1.54, 1.807) is 4.90 Å². The van der Waals surface area contributed by atoms with Crippen molar-refractivity contribution < 1.29 is 22.8 Å². The van der Waals surface area contributed by atoms with Gasteiger partial charge in [-0.05, 0) is 36.8 Å². The molecule has 0 aliphatic rings. The summed E-state index contributed by atoms with van der Waals surface area (Å²) in [5, 5.41) is 2.62. The molecule has 0 aliphatic carbocycles. The van der Waals surface area contributed by atoms with Crippen molar-refractivity contribution in [3.05, 3.63) is 70.8 Å². The largest absolute Gasteiger partial charge is 0.416 e. The summed E-state index contributed by atoms with van der Waals surface area (Å²) in [5.74, 6) is -0.609. The predicted octanol–water partition coefficient (Wildman–Crippen LogP) is 3.79. The predicted molar refractivity (Wildman–Crippen MR) is 96.0 cm³/mol. The highest BCUT2D eigenvalue weighted by molar-refractivity contribution is 5.94. The molecule has 27 heavy (non-hydrogen) atoms. The molecule has 0 saturated heterocycles. The van der Waals surface area contributed by atoms with Gasteiger partial charge in [0.05, 0.1) is 5.56 Å². The van der Waals surface area contributed by atoms with Gasteiger partial charge in [-0.25, -0.2) is 0 Å². The molecule has 7 heteroatoms. The minimum atomic E-state index is -4.44. The van der Waals surface area contributed by atoms with Crippen molar-refractivity contribution in [3.8, 4) is 0 Å². The first-order valence-electron chi connectivity index (χ1n) is 8.43. The van der Waals surface area contributed by atoms with Crippen molar-refractivity contribution in [2.75, 3.05) is 13.1 Å². The average molecular weight is 378 g/mol. The Kier molecular flexibility index (Phi) is 6.60. The Morgan fingerprint density at radius 2 is 1.59 bits per heavy atom. The fourth-order valence-electron chi connectivity index (χ4n) is 2.48. The summed E-state index contributed by atoms with van der Waals surface area (Å²) in [5.41, 5.74) is 1.43. The molecule has 4 nitrogen and oxygen atoms in total. The lowest BCUT2D eigenvalue weighted by Gasteiger charge is -2.21. The van der Waals surface area contributed by atoms with E-state index in [4.69, 9.17) is 0 Å². The van der Waals surface area contributed by atoms with Gasteiger partial charge >= 0.3 is 6.18 Å². The van der Waals surface area contributed by atoms with Crippen molar-refractivity contribution in [3.63, 3.8) is 0 Å². The smallest absolute Gasteiger partial charge is 0.350 e. The highest BCUT2D eigenvalue weighted by Crippen LogP contribution is 2.29. The standard InChI is InChI=1S/C20H21F3N2O2/c1-14-3-5-16(6-4-14)13-25(15(2)26)12-11-24-19(27)17-7-9-18(10-8-17)20(21,22)23/h3-10H,11-13H2,1-2H3,(H,24,27). The zero-order valence-corrected chi connectivity index (χ0v) is 15.1. The van der Waals surface area contributed by atoms with Crippen molar-refractivity contribution in [2.45, 2.75) is 26.6 Å². The normalized spacial score (nSPS) is 11.1. The van der Waals surface area contributed by atoms with Crippen LogP contribution in [0.2, 0.25) is 0 Å². The highest BCUT2D eigenvalue weighted by atomic mass is 19.4. The van der Waals surface area contributed by atoms with E-state index < -0.39 is 17.6 Å². The summed E-state index contributed by atoms with van der Waals surface area (Å²) in [6, 6.07) is 11.8. The Hall–Kier alpha value is -2.83. The van der Waals surface area contributed by atoms with Crippen LogP contribution in [0.15, 0.2) is 48.5 Å². The number of hydrogen-bond donors (Lipinski definition) is 1. The molecule has 2 amide bonds. The molecule has 0 unspecified atom stereocenters. The number of rotatable bonds is 6. The summed E-state index contributed by atoms with van der Waals surface area (Å²) >= 11 is 0. The van der Waals surface area contributed by atoms with Crippen LogP contribution in [0.4, 0.5) is 13.2 Å². The van der Waals surface area contributed by atoms with E-state index >= 15 is 0 Å². The minimum Gasteiger partial charge on any atom is -0.350 e. The number of nitrogens with zero attached hydrogens (tertiary/aromatic N) is 1. The minimum absolute atomic E-state index is 0.126. The molecule has 0 bridgehead atoms. The molecule has 144 valence electrons. The molecule has 1 N–H and O–H groups in total. The number of carbonyl (C=O) groups excluding carboxylic acids is 2. The van der Waals surface area contributed by atoms with E-state index in [0.717, 1.165) is 35.4 Å². The zero-order chi connectivity index (χ0) is 20.0. The van der Waals surface area contributed by atoms with E-state index in [9.17, 15) is 22.8 Å². The van der Waals surface area contributed by atoms with Gasteiger partial charge in [0.1, 0.15) is 0 Å². The van der Waals surface area contributed by atoms with E-state index in [1.807, 2.05) is 31.2 Å². The maximum Gasteiger partial charge on any atom is 0.416 e. The number of benzene rings is 2. The Bertz CT molecular complexity index is 784. The molecule has 2 aromatic carbocycles. The summed E-state index contributed by atoms with van der Waals surface area (Å²) in [6.07, 6.45) is -4.44. The van der Waals surface area contributed by atoms with Crippen molar-refractivity contribution in [2.24, 2.45) is 0 Å². The number of halogens is 3. The van der Waals surface area contributed by atoms with Gasteiger partial charge in [0.15, 0.2) is 0 Å². The fraction of sp³-hybridized carbons (Fsp3) is 0.300. The number of alkyl halides is 3. The summed E-state index contributed by atoms with van der Waals surface area (Å²) in [7, 11) is 0. The number of amides is 2. The van der Waals surface area contributed by atoms with Crippen LogP contribution >= 0.6 is 0 Å². The molecule has 0 fully saturated rings. The van der Waals surface area contributed by atoms with Crippen LogP contribution in [0.3, 0.4) is 0 Å². The molecule has 0 heterocycles. The first kappa shape index (κ1) is 20.5. The van der Waals surface area contributed by atoms with E-state index in [-0.39, 0.29) is 18.0 Å². The number of hydrogen-bond acceptors (Lipinski definition) is 2. The summed E-state index contributed by atoms with van der Waals surface area (Å²) in [6.45, 7) is 4.35. The Morgan fingerprint density at radius 3 is 2.11 bits per heavy atom. The SMILES string of the molecule is CC(=O)N(CCNC(=O)c1ccc(C(F)(F)F)cc1)Cc1ccc(C)cc1. The van der Waals surface area contributed by atoms with E-state index in [0.29, 0.717) is 13.1 Å². The molecule has 0 aromatic heterocycles. The van der Waals surface area contributed by atoms with Gasteiger partial charge in [-0.15, -0.1) is 0 Å². The van der Waals surface area contributed by atoms with Gasteiger partial charge < -0.3 is 10.2 Å². The Balaban J connectivity index is 1.89. The van der Waals surface area contributed by atoms with Crippen molar-refractivity contribution in [1.82, 2.24) is 10.2 Å². The number of carbonyl (C=O) groups is 2. The Morgan fingerprint density at radius 1 is 1.00 bits per heavy atom. The number of aryl methyl sites for hydroxylation is 1. The maximum atomic E-state index is 12.6. The Labute approximate surface area is 156 Å². The molecule has 0 atom stereocenters. The lowest BCUT2D eigenvalue weighted by molar-refractivity contribution is -0.137. The van der Waals surface area contributed by atoms with Gasteiger partial charge in [-0.3, -0.25) is 9.59 Å². The van der Waals surface area contributed by atoms with E-state index in [1.165, 1.54) is 6.92 Å². The second-order valence-corrected chi connectivity index (χ2v) is 6.26. The van der Waals surface area contributed by atoms with Crippen LogP contribution in [-0.2, 0) is 17.5 Å². The summed E-state index contributed by atoms with van der Waals surface area (Å²) in [4.78, 5) is 25.5. The molecule has 0 radical (unpaired) electrons. The van der Waals surface area contributed by atoms with E-state index in [2.05, 4.69) is 5.32 Å². The molecule has 2 aromatic rings. The average Bonchev–Trinajstić information content (AvgIpc) is 2.61. The van der Waals surface area contributed by atoms with Crippen molar-refractivity contribution in [1.29, 1.82) is 0 Å². The van der Waals surface area contributed by atoms with Crippen LogP contribution in [0.1, 0.15) is 34.0 Å². The lowest BCUT2D eigenvalue weighted by Crippen LogP contribution is -2.37. The van der Waals surface area contributed by atoms with Crippen LogP contribution in [0, 0.1) is 6.92 Å². The molecule has 2 rings (SSSR count). The van der Waals surface area contributed by atoms with Gasteiger partial charge in [0.25, 0.3) is 5.91 Å². The number of nitrogens with one attached hydrogen (secondary N) is 1. The molecule has 0 spiro atoms. The fourth-order valence-corrected chi connectivity index (χ4v) is 2.48. The van der Waals surface area contributed by atoms with Crippen LogP contribution in [-0.4, -0.2) is 29.8 Å². The second-order valence-electron chi connectivity index (χ2n) is 6.26. The molecule has 0 aliphatic heterocycles. The first-order valence-corrected chi connectivity index (χ1v) is 8.43. The topological polar surface area (TPSA) is 49.4 Å². The second kappa shape index (κ2) is 8.70. The molecule has 0 saturated carbocycles. The van der Waals surface area contributed by atoms with Gasteiger partial charge in [0.2, 0.25) is 5.91 Å². The van der Waals surface area contributed by atoms with Gasteiger partial charge in [0, 0.05) is 32.1 Å². The third kappa shape index (κ3) is 6.13. The van der Waals surface area contributed by atoms with Crippen molar-refractivity contribution >= 4 is 11.8 Å². The van der Waals surface area contributed by atoms with Crippen LogP contribution in [0.5, 0.6) is 0 Å². The quantitative estimate of drug-likeness (QED) is 0.831. The first-order chi connectivity index (χ1) is 12.7. The highest BCUT2D eigenvalue weighted by Gasteiger charge is 2.30. The molecular formula is C20H21F3N2O2. The third-order valence-corrected chi connectivity index (χ3v) is 4.08. The van der Waals surface area contributed by atoms with Crippen LogP contribution in [0.25, 0.3) is 0 Å². The third-order valence-electron chi connectivity index (χ3n) is 4.08. The zero-order valence-electron chi connectivity index (χ0n) is 15.1. The monoisotopic (exact) mass is 378 g/mol. The summed E-state index contributed by atoms with van der Waals surface area (Å²) < 4.78 is 37.7. The van der Waals surface area contributed by atoms with Crippen LogP contribution < -0.4 is 5.32 Å². The maximum absolute atomic E-state index is 12.6. The molecular weight excluding hydrogens is 357 g/mol.